The smallest absolute Gasteiger partial charge is 0.267 e. The lowest BCUT2D eigenvalue weighted by Crippen LogP contribution is -2.27. The maximum atomic E-state index is 12.8. The first kappa shape index (κ1) is 18.1. The van der Waals surface area contributed by atoms with Gasteiger partial charge in [0, 0.05) is 24.7 Å². The van der Waals surface area contributed by atoms with Crippen molar-refractivity contribution in [2.24, 2.45) is 0 Å². The zero-order valence-corrected chi connectivity index (χ0v) is 15.0. The number of carbonyl (C=O) groups is 1. The van der Waals surface area contributed by atoms with Crippen LogP contribution in [0, 0.1) is 0 Å². The Morgan fingerprint density at radius 3 is 2.33 bits per heavy atom. The Hall–Kier alpha value is -2.25. The van der Waals surface area contributed by atoms with Gasteiger partial charge in [-0.2, -0.15) is 0 Å². The molecule has 0 bridgehead atoms. The normalized spacial score (nSPS) is 11.0. The fraction of sp³-hybridized carbons (Fsp3) is 0.188. The van der Waals surface area contributed by atoms with Crippen LogP contribution < -0.4 is 14.4 Å². The lowest BCUT2D eigenvalue weighted by molar-refractivity contribution is -0.114. The number of hydrogen-bond donors (Lipinski definition) is 1. The van der Waals surface area contributed by atoms with E-state index in [9.17, 15) is 13.2 Å². The number of amides is 1. The van der Waals surface area contributed by atoms with E-state index in [1.807, 2.05) is 0 Å². The second-order valence-corrected chi connectivity index (χ2v) is 7.37. The van der Waals surface area contributed by atoms with Crippen LogP contribution in [0.4, 0.5) is 11.4 Å². The molecule has 0 spiro atoms. The minimum atomic E-state index is -3.86. The topological polar surface area (TPSA) is 75.7 Å². The number of rotatable bonds is 5. The molecule has 0 unspecified atom stereocenters. The summed E-state index contributed by atoms with van der Waals surface area (Å²) in [5.41, 5.74) is 1.02. The van der Waals surface area contributed by atoms with Gasteiger partial charge in [0.25, 0.3) is 10.0 Å². The highest BCUT2D eigenvalue weighted by molar-refractivity contribution is 7.93. The van der Waals surface area contributed by atoms with Crippen LogP contribution in [0.25, 0.3) is 0 Å². The molecule has 1 amide bonds. The third-order valence-corrected chi connectivity index (χ3v) is 5.36. The molecular formula is C16H17ClN2O4S. The SMILES string of the molecule is COc1ccc(Cl)cc1S(=O)(=O)N(C)c1ccc(NC(C)=O)cc1. The van der Waals surface area contributed by atoms with Crippen molar-refractivity contribution in [3.63, 3.8) is 0 Å². The fourth-order valence-corrected chi connectivity index (χ4v) is 3.71. The highest BCUT2D eigenvalue weighted by atomic mass is 35.5. The van der Waals surface area contributed by atoms with E-state index in [0.29, 0.717) is 16.4 Å². The summed E-state index contributed by atoms with van der Waals surface area (Å²) in [4.78, 5) is 11.0. The molecule has 1 N–H and O–H groups in total. The molecule has 8 heteroatoms. The summed E-state index contributed by atoms with van der Waals surface area (Å²) >= 11 is 5.92. The highest BCUT2D eigenvalue weighted by Crippen LogP contribution is 2.31. The van der Waals surface area contributed by atoms with Crippen molar-refractivity contribution in [2.75, 3.05) is 23.8 Å². The number of methoxy groups -OCH3 is 1. The molecule has 0 aliphatic carbocycles. The van der Waals surface area contributed by atoms with E-state index in [0.717, 1.165) is 4.31 Å². The van der Waals surface area contributed by atoms with Crippen molar-refractivity contribution < 1.29 is 17.9 Å². The summed E-state index contributed by atoms with van der Waals surface area (Å²) in [5.74, 6) is 0.00788. The van der Waals surface area contributed by atoms with Crippen LogP contribution in [-0.4, -0.2) is 28.5 Å². The Morgan fingerprint density at radius 1 is 1.17 bits per heavy atom. The Kier molecular flexibility index (Phi) is 5.36. The predicted octanol–water partition coefficient (Wildman–Crippen LogP) is 3.13. The fourth-order valence-electron chi connectivity index (χ4n) is 2.10. The first-order valence-electron chi connectivity index (χ1n) is 6.96. The van der Waals surface area contributed by atoms with Gasteiger partial charge in [0.2, 0.25) is 5.91 Å². The molecule has 0 atom stereocenters. The van der Waals surface area contributed by atoms with Crippen LogP contribution in [-0.2, 0) is 14.8 Å². The minimum absolute atomic E-state index is 0.0223. The molecule has 2 aromatic carbocycles. The summed E-state index contributed by atoms with van der Waals surface area (Å²) in [6.07, 6.45) is 0. The van der Waals surface area contributed by atoms with Crippen LogP contribution in [0.2, 0.25) is 5.02 Å². The summed E-state index contributed by atoms with van der Waals surface area (Å²) in [6.45, 7) is 1.40. The molecule has 2 aromatic rings. The molecule has 6 nitrogen and oxygen atoms in total. The van der Waals surface area contributed by atoms with Crippen LogP contribution >= 0.6 is 11.6 Å². The van der Waals surface area contributed by atoms with Crippen molar-refractivity contribution in [1.82, 2.24) is 0 Å². The first-order valence-corrected chi connectivity index (χ1v) is 8.77. The summed E-state index contributed by atoms with van der Waals surface area (Å²) in [6, 6.07) is 10.8. The van der Waals surface area contributed by atoms with Gasteiger partial charge in [0.15, 0.2) is 0 Å². The number of nitrogens with one attached hydrogen (secondary N) is 1. The van der Waals surface area contributed by atoms with Gasteiger partial charge in [-0.05, 0) is 42.5 Å². The Bertz CT molecular complexity index is 851. The Labute approximate surface area is 146 Å². The largest absolute Gasteiger partial charge is 0.495 e. The second kappa shape index (κ2) is 7.11. The average Bonchev–Trinajstić information content (AvgIpc) is 2.54. The summed E-state index contributed by atoms with van der Waals surface area (Å²) in [7, 11) is -1.03. The van der Waals surface area contributed by atoms with Gasteiger partial charge in [0.05, 0.1) is 12.8 Å². The van der Waals surface area contributed by atoms with Crippen molar-refractivity contribution in [3.8, 4) is 5.75 Å². The van der Waals surface area contributed by atoms with Gasteiger partial charge >= 0.3 is 0 Å². The Morgan fingerprint density at radius 2 is 1.79 bits per heavy atom. The van der Waals surface area contributed by atoms with E-state index in [-0.39, 0.29) is 16.6 Å². The van der Waals surface area contributed by atoms with Gasteiger partial charge < -0.3 is 10.1 Å². The molecule has 128 valence electrons. The van der Waals surface area contributed by atoms with Crippen LogP contribution in [0.5, 0.6) is 5.75 Å². The van der Waals surface area contributed by atoms with Crippen LogP contribution in [0.15, 0.2) is 47.4 Å². The van der Waals surface area contributed by atoms with Gasteiger partial charge in [0.1, 0.15) is 10.6 Å². The zero-order valence-electron chi connectivity index (χ0n) is 13.4. The third kappa shape index (κ3) is 3.80. The van der Waals surface area contributed by atoms with E-state index in [1.165, 1.54) is 33.2 Å². The number of hydrogen-bond acceptors (Lipinski definition) is 4. The van der Waals surface area contributed by atoms with Crippen molar-refractivity contribution in [2.45, 2.75) is 11.8 Å². The van der Waals surface area contributed by atoms with Crippen LogP contribution in [0.3, 0.4) is 0 Å². The molecule has 0 aliphatic rings. The standard InChI is InChI=1S/C16H17ClN2O4S/c1-11(20)18-13-5-7-14(8-6-13)19(2)24(21,22)16-10-12(17)4-9-15(16)23-3/h4-10H,1-3H3,(H,18,20). The molecule has 0 radical (unpaired) electrons. The van der Waals surface area contributed by atoms with E-state index in [4.69, 9.17) is 16.3 Å². The number of ether oxygens (including phenoxy) is 1. The maximum absolute atomic E-state index is 12.8. The quantitative estimate of drug-likeness (QED) is 0.879. The van der Waals surface area contributed by atoms with Crippen molar-refractivity contribution in [3.05, 3.63) is 47.5 Å². The lowest BCUT2D eigenvalue weighted by atomic mass is 10.3. The summed E-state index contributed by atoms with van der Waals surface area (Å²) in [5, 5.41) is 2.92. The molecule has 0 aliphatic heterocycles. The molecule has 0 aromatic heterocycles. The molecule has 0 fully saturated rings. The number of benzene rings is 2. The molecule has 2 rings (SSSR count). The van der Waals surface area contributed by atoms with E-state index >= 15 is 0 Å². The highest BCUT2D eigenvalue weighted by Gasteiger charge is 2.25. The predicted molar refractivity (Wildman–Crippen MR) is 94.3 cm³/mol. The van der Waals surface area contributed by atoms with Gasteiger partial charge in [-0.25, -0.2) is 8.42 Å². The summed E-state index contributed by atoms with van der Waals surface area (Å²) < 4.78 is 31.9. The van der Waals surface area contributed by atoms with E-state index in [1.54, 1.807) is 30.3 Å². The number of carbonyl (C=O) groups excluding carboxylic acids is 1. The maximum Gasteiger partial charge on any atom is 0.267 e. The number of nitrogens with zero attached hydrogens (tertiary/aromatic N) is 1. The van der Waals surface area contributed by atoms with Crippen LogP contribution in [0.1, 0.15) is 6.92 Å². The first-order chi connectivity index (χ1) is 11.3. The van der Waals surface area contributed by atoms with Gasteiger partial charge in [-0.15, -0.1) is 0 Å². The van der Waals surface area contributed by atoms with Gasteiger partial charge in [-0.3, -0.25) is 9.10 Å². The van der Waals surface area contributed by atoms with Gasteiger partial charge in [-0.1, -0.05) is 11.6 Å². The second-order valence-electron chi connectivity index (χ2n) is 5.00. The Balaban J connectivity index is 2.39. The molecule has 24 heavy (non-hydrogen) atoms. The monoisotopic (exact) mass is 368 g/mol. The van der Waals surface area contributed by atoms with Crippen molar-refractivity contribution >= 4 is 38.9 Å². The van der Waals surface area contributed by atoms with Crippen molar-refractivity contribution in [1.29, 1.82) is 0 Å². The molecule has 0 saturated carbocycles. The van der Waals surface area contributed by atoms with E-state index < -0.39 is 10.0 Å². The molecule has 0 saturated heterocycles. The number of halogens is 1. The molecule has 0 heterocycles. The minimum Gasteiger partial charge on any atom is -0.495 e. The number of anilines is 2. The number of sulfonamides is 1. The van der Waals surface area contributed by atoms with E-state index in [2.05, 4.69) is 5.32 Å². The molecular weight excluding hydrogens is 352 g/mol. The average molecular weight is 369 g/mol. The zero-order chi connectivity index (χ0) is 17.9. The third-order valence-electron chi connectivity index (χ3n) is 3.32. The lowest BCUT2D eigenvalue weighted by Gasteiger charge is -2.21.